The molecule has 1 aromatic carbocycles. The second-order valence-corrected chi connectivity index (χ2v) is 3.73. The molecule has 3 amide bonds. The first-order valence-electron chi connectivity index (χ1n) is 5.72. The molecule has 6 nitrogen and oxygen atoms in total. The van der Waals surface area contributed by atoms with E-state index in [9.17, 15) is 14.4 Å². The summed E-state index contributed by atoms with van der Waals surface area (Å²) in [5.41, 5.74) is 0.699. The Hall–Kier alpha value is -2.63. The molecule has 2 rings (SSSR count). The molecule has 0 saturated heterocycles. The van der Waals surface area contributed by atoms with Gasteiger partial charge in [0.15, 0.2) is 0 Å². The molecule has 0 atom stereocenters. The van der Waals surface area contributed by atoms with Crippen molar-refractivity contribution in [2.24, 2.45) is 0 Å². The third-order valence-electron chi connectivity index (χ3n) is 2.42. The molecule has 1 N–H and O–H groups in total. The molecule has 0 radical (unpaired) electrons. The number of para-hydroxylation sites is 1. The van der Waals surface area contributed by atoms with Crippen LogP contribution in [0.1, 0.15) is 6.92 Å². The molecule has 0 fully saturated rings. The largest absolute Gasteiger partial charge is 0.449 e. The number of carbonyl (C=O) groups is 3. The van der Waals surface area contributed by atoms with Gasteiger partial charge in [0.25, 0.3) is 11.8 Å². The lowest BCUT2D eigenvalue weighted by molar-refractivity contribution is -0.134. The molecule has 0 saturated carbocycles. The van der Waals surface area contributed by atoms with Gasteiger partial charge in [-0.15, -0.1) is 0 Å². The van der Waals surface area contributed by atoms with Crippen molar-refractivity contribution in [3.05, 3.63) is 42.1 Å². The molecular weight excluding hydrogens is 248 g/mol. The Morgan fingerprint density at radius 2 is 1.95 bits per heavy atom. The van der Waals surface area contributed by atoms with Crippen LogP contribution in [-0.2, 0) is 14.3 Å². The number of nitrogens with one attached hydrogen (secondary N) is 1. The zero-order chi connectivity index (χ0) is 13.8. The second kappa shape index (κ2) is 5.34. The van der Waals surface area contributed by atoms with Crippen LogP contribution in [0.4, 0.5) is 10.5 Å². The molecule has 0 aromatic heterocycles. The molecule has 6 heteroatoms. The summed E-state index contributed by atoms with van der Waals surface area (Å²) in [5.74, 6) is -1.42. The molecule has 0 bridgehead atoms. The Kier molecular flexibility index (Phi) is 3.61. The van der Waals surface area contributed by atoms with Gasteiger partial charge in [0, 0.05) is 11.8 Å². The highest BCUT2D eigenvalue weighted by atomic mass is 16.6. The summed E-state index contributed by atoms with van der Waals surface area (Å²) >= 11 is 0. The molecular formula is C13H12N2O4. The average molecular weight is 260 g/mol. The van der Waals surface area contributed by atoms with Crippen molar-refractivity contribution in [2.45, 2.75) is 6.92 Å². The lowest BCUT2D eigenvalue weighted by atomic mass is 10.3. The maximum atomic E-state index is 11.9. The van der Waals surface area contributed by atoms with Crippen LogP contribution in [0.15, 0.2) is 42.1 Å². The molecule has 0 spiro atoms. The lowest BCUT2D eigenvalue weighted by Gasteiger charge is -2.12. The summed E-state index contributed by atoms with van der Waals surface area (Å²) in [5, 5.41) is 2.79. The highest BCUT2D eigenvalue weighted by Crippen LogP contribution is 2.17. The zero-order valence-corrected chi connectivity index (χ0v) is 10.3. The Balaban J connectivity index is 2.13. The van der Waals surface area contributed by atoms with Crippen molar-refractivity contribution in [1.29, 1.82) is 0 Å². The van der Waals surface area contributed by atoms with Crippen molar-refractivity contribution in [2.75, 3.05) is 11.9 Å². The molecule has 1 aliphatic rings. The predicted molar refractivity (Wildman–Crippen MR) is 67.0 cm³/mol. The molecule has 1 aliphatic heterocycles. The molecule has 19 heavy (non-hydrogen) atoms. The molecule has 1 aromatic rings. The fourth-order valence-electron chi connectivity index (χ4n) is 1.60. The van der Waals surface area contributed by atoms with Gasteiger partial charge in [-0.2, -0.15) is 4.90 Å². The van der Waals surface area contributed by atoms with Gasteiger partial charge in [-0.25, -0.2) is 4.79 Å². The van der Waals surface area contributed by atoms with Crippen LogP contribution in [0.5, 0.6) is 0 Å². The topological polar surface area (TPSA) is 75.7 Å². The van der Waals surface area contributed by atoms with E-state index in [-0.39, 0.29) is 12.3 Å². The van der Waals surface area contributed by atoms with Crippen molar-refractivity contribution in [3.63, 3.8) is 0 Å². The van der Waals surface area contributed by atoms with Gasteiger partial charge in [-0.05, 0) is 19.1 Å². The summed E-state index contributed by atoms with van der Waals surface area (Å²) < 4.78 is 4.65. The minimum absolute atomic E-state index is 0.0456. The number of anilines is 1. The predicted octanol–water partition coefficient (Wildman–Crippen LogP) is 1.51. The number of hydrogen-bond acceptors (Lipinski definition) is 5. The van der Waals surface area contributed by atoms with E-state index in [0.717, 1.165) is 6.08 Å². The Morgan fingerprint density at radius 1 is 1.26 bits per heavy atom. The third-order valence-corrected chi connectivity index (χ3v) is 2.42. The Morgan fingerprint density at radius 3 is 2.58 bits per heavy atom. The van der Waals surface area contributed by atoms with Gasteiger partial charge in [-0.3, -0.25) is 9.59 Å². The van der Waals surface area contributed by atoms with E-state index >= 15 is 0 Å². The standard InChI is InChI=1S/C13H12N2O4/c1-2-19-13(18)15-11(16)8-10(12(15)17)14-9-6-4-3-5-7-9/h3-8,14H,2H2,1H3. The van der Waals surface area contributed by atoms with Crippen LogP contribution in [0.25, 0.3) is 0 Å². The van der Waals surface area contributed by atoms with E-state index in [2.05, 4.69) is 10.1 Å². The SMILES string of the molecule is CCOC(=O)N1C(=O)C=C(Nc2ccccc2)C1=O. The fourth-order valence-corrected chi connectivity index (χ4v) is 1.60. The Bertz CT molecular complexity index is 551. The minimum atomic E-state index is -0.960. The van der Waals surface area contributed by atoms with Gasteiger partial charge < -0.3 is 10.1 Å². The van der Waals surface area contributed by atoms with Gasteiger partial charge >= 0.3 is 6.09 Å². The van der Waals surface area contributed by atoms with E-state index < -0.39 is 17.9 Å². The van der Waals surface area contributed by atoms with Gasteiger partial charge in [0.1, 0.15) is 5.70 Å². The van der Waals surface area contributed by atoms with Crippen LogP contribution in [0.3, 0.4) is 0 Å². The normalized spacial score (nSPS) is 14.4. The van der Waals surface area contributed by atoms with Crippen LogP contribution in [0, 0.1) is 0 Å². The van der Waals surface area contributed by atoms with Crippen molar-refractivity contribution >= 4 is 23.6 Å². The fraction of sp³-hybridized carbons (Fsp3) is 0.154. The number of amides is 3. The molecule has 98 valence electrons. The number of nitrogens with zero attached hydrogens (tertiary/aromatic N) is 1. The minimum Gasteiger partial charge on any atom is -0.449 e. The van der Waals surface area contributed by atoms with Gasteiger partial charge in [-0.1, -0.05) is 18.2 Å². The van der Waals surface area contributed by atoms with Crippen LogP contribution >= 0.6 is 0 Å². The van der Waals surface area contributed by atoms with E-state index in [0.29, 0.717) is 10.6 Å². The van der Waals surface area contributed by atoms with E-state index in [1.165, 1.54) is 0 Å². The number of hydrogen-bond donors (Lipinski definition) is 1. The van der Waals surface area contributed by atoms with E-state index in [1.807, 2.05) is 6.07 Å². The highest BCUT2D eigenvalue weighted by molar-refractivity contribution is 6.24. The Labute approximate surface area is 109 Å². The number of ether oxygens (including phenoxy) is 1. The summed E-state index contributed by atoms with van der Waals surface area (Å²) in [7, 11) is 0. The number of carbonyl (C=O) groups excluding carboxylic acids is 3. The summed E-state index contributed by atoms with van der Waals surface area (Å²) in [6.07, 6.45) is 0.116. The van der Waals surface area contributed by atoms with E-state index in [1.54, 1.807) is 31.2 Å². The molecule has 0 aliphatic carbocycles. The van der Waals surface area contributed by atoms with E-state index in [4.69, 9.17) is 0 Å². The number of benzene rings is 1. The first-order valence-corrected chi connectivity index (χ1v) is 5.72. The number of rotatable bonds is 3. The van der Waals surface area contributed by atoms with Crippen LogP contribution < -0.4 is 5.32 Å². The average Bonchev–Trinajstić information content (AvgIpc) is 2.66. The highest BCUT2D eigenvalue weighted by Gasteiger charge is 2.37. The monoisotopic (exact) mass is 260 g/mol. The summed E-state index contributed by atoms with van der Waals surface area (Å²) in [6.45, 7) is 1.69. The van der Waals surface area contributed by atoms with Crippen molar-refractivity contribution in [3.8, 4) is 0 Å². The van der Waals surface area contributed by atoms with Crippen molar-refractivity contribution in [1.82, 2.24) is 4.90 Å². The van der Waals surface area contributed by atoms with Crippen LogP contribution in [0.2, 0.25) is 0 Å². The maximum Gasteiger partial charge on any atom is 0.424 e. The summed E-state index contributed by atoms with van der Waals surface area (Å²) in [6, 6.07) is 8.88. The third kappa shape index (κ3) is 2.62. The molecule has 0 unspecified atom stereocenters. The molecule has 1 heterocycles. The first-order chi connectivity index (χ1) is 9.13. The first kappa shape index (κ1) is 12.8. The number of imide groups is 3. The lowest BCUT2D eigenvalue weighted by Crippen LogP contribution is -2.38. The quantitative estimate of drug-likeness (QED) is 0.834. The van der Waals surface area contributed by atoms with Gasteiger partial charge in [0.2, 0.25) is 0 Å². The summed E-state index contributed by atoms with van der Waals surface area (Å²) in [4.78, 5) is 35.4. The van der Waals surface area contributed by atoms with Crippen molar-refractivity contribution < 1.29 is 19.1 Å². The smallest absolute Gasteiger partial charge is 0.424 e. The second-order valence-electron chi connectivity index (χ2n) is 3.73. The van der Waals surface area contributed by atoms with Gasteiger partial charge in [0.05, 0.1) is 6.61 Å². The maximum absolute atomic E-state index is 11.9. The van der Waals surface area contributed by atoms with Crippen LogP contribution in [-0.4, -0.2) is 29.4 Å². The zero-order valence-electron chi connectivity index (χ0n) is 10.3.